The number of halogens is 1. The highest BCUT2D eigenvalue weighted by Gasteiger charge is 2.21. The van der Waals surface area contributed by atoms with Crippen molar-refractivity contribution in [3.63, 3.8) is 0 Å². The maximum Gasteiger partial charge on any atom is 0.191 e. The lowest BCUT2D eigenvalue weighted by Crippen LogP contribution is -2.45. The van der Waals surface area contributed by atoms with Crippen LogP contribution in [0.1, 0.15) is 27.2 Å². The fraction of sp³-hybridized carbons (Fsp3) is 0.800. The van der Waals surface area contributed by atoms with Gasteiger partial charge in [-0.05, 0) is 27.2 Å². The van der Waals surface area contributed by atoms with E-state index in [0.717, 1.165) is 51.6 Å². The first-order chi connectivity index (χ1) is 9.65. The molecule has 1 aliphatic rings. The number of morpholine rings is 1. The third-order valence-corrected chi connectivity index (χ3v) is 3.16. The molecule has 1 fully saturated rings. The normalized spacial score (nSPS) is 23.3. The van der Waals surface area contributed by atoms with E-state index in [-0.39, 0.29) is 24.0 Å². The molecule has 1 aliphatic heterocycles. The van der Waals surface area contributed by atoms with Gasteiger partial charge >= 0.3 is 0 Å². The van der Waals surface area contributed by atoms with Crippen molar-refractivity contribution >= 4 is 29.9 Å². The number of rotatable bonds is 7. The van der Waals surface area contributed by atoms with Gasteiger partial charge in [-0.3, -0.25) is 9.89 Å². The molecule has 0 aromatic carbocycles. The molecule has 2 N–H and O–H groups in total. The van der Waals surface area contributed by atoms with E-state index >= 15 is 0 Å². The quantitative estimate of drug-likeness (QED) is 0.221. The molecule has 0 radical (unpaired) electrons. The summed E-state index contributed by atoms with van der Waals surface area (Å²) in [5.41, 5.74) is 0. The van der Waals surface area contributed by atoms with E-state index in [9.17, 15) is 0 Å². The molecule has 2 unspecified atom stereocenters. The van der Waals surface area contributed by atoms with Crippen molar-refractivity contribution in [3.8, 4) is 0 Å². The second-order valence-corrected chi connectivity index (χ2v) is 5.30. The number of hydrogen-bond donors (Lipinski definition) is 2. The minimum atomic E-state index is 0. The zero-order valence-electron chi connectivity index (χ0n) is 13.6. The Morgan fingerprint density at radius 2 is 2.00 bits per heavy atom. The van der Waals surface area contributed by atoms with Gasteiger partial charge in [-0.15, -0.1) is 30.6 Å². The van der Waals surface area contributed by atoms with Crippen LogP contribution >= 0.6 is 24.0 Å². The van der Waals surface area contributed by atoms with Crippen LogP contribution in [0.5, 0.6) is 0 Å². The van der Waals surface area contributed by atoms with Crippen molar-refractivity contribution in [2.24, 2.45) is 4.99 Å². The minimum absolute atomic E-state index is 0. The lowest BCUT2D eigenvalue weighted by Gasteiger charge is -2.35. The molecule has 0 saturated carbocycles. The Kier molecular flexibility index (Phi) is 12.0. The summed E-state index contributed by atoms with van der Waals surface area (Å²) in [6.45, 7) is 15.7. The van der Waals surface area contributed by atoms with Gasteiger partial charge in [0.1, 0.15) is 0 Å². The molecule has 1 saturated heterocycles. The summed E-state index contributed by atoms with van der Waals surface area (Å²) in [6.07, 6.45) is 3.59. The Labute approximate surface area is 146 Å². The minimum Gasteiger partial charge on any atom is -0.373 e. The zero-order valence-corrected chi connectivity index (χ0v) is 15.9. The van der Waals surface area contributed by atoms with Crippen molar-refractivity contribution in [2.45, 2.75) is 39.4 Å². The smallest absolute Gasteiger partial charge is 0.191 e. The molecule has 0 spiro atoms. The molecule has 5 nitrogen and oxygen atoms in total. The molecule has 1 rings (SSSR count). The Hall–Kier alpha value is -0.340. The topological polar surface area (TPSA) is 48.9 Å². The molecule has 0 amide bonds. The lowest BCUT2D eigenvalue weighted by molar-refractivity contribution is -0.0679. The molecule has 0 aromatic heterocycles. The summed E-state index contributed by atoms with van der Waals surface area (Å²) in [7, 11) is 0. The Balaban J connectivity index is 0.00000400. The Bertz CT molecular complexity index is 302. The first-order valence-electron chi connectivity index (χ1n) is 7.66. The highest BCUT2D eigenvalue weighted by molar-refractivity contribution is 14.0. The van der Waals surface area contributed by atoms with Gasteiger partial charge in [0.25, 0.3) is 0 Å². The zero-order chi connectivity index (χ0) is 14.8. The number of hydrogen-bond acceptors (Lipinski definition) is 3. The highest BCUT2D eigenvalue weighted by Crippen LogP contribution is 2.10. The van der Waals surface area contributed by atoms with Gasteiger partial charge in [-0.25, -0.2) is 0 Å². The molecule has 1 heterocycles. The predicted octanol–water partition coefficient (Wildman–Crippen LogP) is 1.84. The van der Waals surface area contributed by atoms with Crippen LogP contribution in [0.15, 0.2) is 17.6 Å². The van der Waals surface area contributed by atoms with E-state index in [1.54, 1.807) is 0 Å². The van der Waals surface area contributed by atoms with Gasteiger partial charge in [0.2, 0.25) is 0 Å². The largest absolute Gasteiger partial charge is 0.373 e. The van der Waals surface area contributed by atoms with E-state index in [1.165, 1.54) is 0 Å². The second-order valence-electron chi connectivity index (χ2n) is 5.30. The third kappa shape index (κ3) is 9.31. The van der Waals surface area contributed by atoms with Crippen LogP contribution in [-0.2, 0) is 4.74 Å². The van der Waals surface area contributed by atoms with E-state index < -0.39 is 0 Å². The average molecular weight is 410 g/mol. The van der Waals surface area contributed by atoms with Crippen LogP contribution in [0, 0.1) is 0 Å². The number of aliphatic imine (C=N–C) groups is 1. The van der Waals surface area contributed by atoms with Crippen molar-refractivity contribution in [3.05, 3.63) is 12.7 Å². The lowest BCUT2D eigenvalue weighted by atomic mass is 10.2. The molecule has 0 aliphatic carbocycles. The molecule has 0 bridgehead atoms. The Morgan fingerprint density at radius 1 is 1.33 bits per heavy atom. The predicted molar refractivity (Wildman–Crippen MR) is 101 cm³/mol. The summed E-state index contributed by atoms with van der Waals surface area (Å²) in [5, 5.41) is 6.44. The van der Waals surface area contributed by atoms with Gasteiger partial charge in [0, 0.05) is 39.3 Å². The molecule has 124 valence electrons. The van der Waals surface area contributed by atoms with Crippen molar-refractivity contribution < 1.29 is 4.74 Å². The molecular weight excluding hydrogens is 379 g/mol. The number of ether oxygens (including phenoxy) is 1. The van der Waals surface area contributed by atoms with Gasteiger partial charge in [-0.2, -0.15) is 0 Å². The van der Waals surface area contributed by atoms with Crippen LogP contribution in [0.4, 0.5) is 0 Å². The highest BCUT2D eigenvalue weighted by atomic mass is 127. The summed E-state index contributed by atoms with van der Waals surface area (Å²) in [6, 6.07) is 0. The van der Waals surface area contributed by atoms with Gasteiger partial charge in [0.15, 0.2) is 5.96 Å². The second kappa shape index (κ2) is 12.2. The third-order valence-electron chi connectivity index (χ3n) is 3.16. The monoisotopic (exact) mass is 410 g/mol. The fourth-order valence-corrected chi connectivity index (χ4v) is 2.46. The summed E-state index contributed by atoms with van der Waals surface area (Å²) >= 11 is 0. The molecule has 6 heteroatoms. The number of nitrogens with one attached hydrogen (secondary N) is 2. The van der Waals surface area contributed by atoms with E-state index in [1.807, 2.05) is 6.08 Å². The van der Waals surface area contributed by atoms with Crippen LogP contribution in [0.25, 0.3) is 0 Å². The summed E-state index contributed by atoms with van der Waals surface area (Å²) in [4.78, 5) is 7.03. The van der Waals surface area contributed by atoms with Crippen LogP contribution in [0.3, 0.4) is 0 Å². The molecule has 2 atom stereocenters. The van der Waals surface area contributed by atoms with E-state index in [2.05, 4.69) is 47.9 Å². The van der Waals surface area contributed by atoms with E-state index in [0.29, 0.717) is 12.2 Å². The molecular formula is C15H31IN4O. The van der Waals surface area contributed by atoms with Gasteiger partial charge < -0.3 is 15.4 Å². The van der Waals surface area contributed by atoms with E-state index in [4.69, 9.17) is 4.74 Å². The van der Waals surface area contributed by atoms with Crippen LogP contribution in [-0.4, -0.2) is 62.3 Å². The maximum absolute atomic E-state index is 5.74. The number of guanidine groups is 1. The SMILES string of the molecule is C=CCNC(=NCCCN1CC(C)OC(C)C1)NCC.I. The van der Waals surface area contributed by atoms with Crippen molar-refractivity contribution in [1.82, 2.24) is 15.5 Å². The van der Waals surface area contributed by atoms with Gasteiger partial charge in [-0.1, -0.05) is 6.08 Å². The molecule has 0 aromatic rings. The van der Waals surface area contributed by atoms with Crippen molar-refractivity contribution in [1.29, 1.82) is 0 Å². The fourth-order valence-electron chi connectivity index (χ4n) is 2.46. The Morgan fingerprint density at radius 3 is 2.57 bits per heavy atom. The number of nitrogens with zero attached hydrogens (tertiary/aromatic N) is 2. The van der Waals surface area contributed by atoms with Crippen LogP contribution in [0.2, 0.25) is 0 Å². The van der Waals surface area contributed by atoms with Gasteiger partial charge in [0.05, 0.1) is 12.2 Å². The molecule has 21 heavy (non-hydrogen) atoms. The van der Waals surface area contributed by atoms with Crippen LogP contribution < -0.4 is 10.6 Å². The maximum atomic E-state index is 5.74. The van der Waals surface area contributed by atoms with Crippen molar-refractivity contribution in [2.75, 3.05) is 39.3 Å². The standard InChI is InChI=1S/C15H30N4O.HI/c1-5-8-17-15(16-6-2)18-9-7-10-19-11-13(3)20-14(4)12-19;/h5,13-14H,1,6-12H2,2-4H3,(H2,16,17,18);1H. The first-order valence-corrected chi connectivity index (χ1v) is 7.66. The summed E-state index contributed by atoms with van der Waals surface area (Å²) < 4.78 is 5.74. The summed E-state index contributed by atoms with van der Waals surface area (Å²) in [5.74, 6) is 0.871. The first kappa shape index (κ1) is 20.7. The average Bonchev–Trinajstić information content (AvgIpc) is 2.39.